The van der Waals surface area contributed by atoms with E-state index in [1.807, 2.05) is 6.07 Å². The van der Waals surface area contributed by atoms with Crippen molar-refractivity contribution in [2.75, 3.05) is 42.3 Å². The number of rotatable bonds is 4. The fraction of sp³-hybridized carbons (Fsp3) is 0.562. The lowest BCUT2D eigenvalue weighted by atomic mass is 9.94. The largest absolute Gasteiger partial charge is 0.397 e. The van der Waals surface area contributed by atoms with Crippen LogP contribution < -0.4 is 16.0 Å². The second kappa shape index (κ2) is 5.93. The number of carbonyl (C=O) groups excluding carboxylic acids is 1. The van der Waals surface area contributed by atoms with Gasteiger partial charge in [-0.15, -0.1) is 0 Å². The molecule has 2 aliphatic heterocycles. The van der Waals surface area contributed by atoms with E-state index in [-0.39, 0.29) is 11.8 Å². The zero-order valence-electron chi connectivity index (χ0n) is 12.5. The van der Waals surface area contributed by atoms with Crippen LogP contribution in [0.1, 0.15) is 37.7 Å². The summed E-state index contributed by atoms with van der Waals surface area (Å²) < 4.78 is 5.40. The monoisotopic (exact) mass is 289 g/mol. The predicted molar refractivity (Wildman–Crippen MR) is 84.8 cm³/mol. The third-order valence-corrected chi connectivity index (χ3v) is 4.35. The Balaban J connectivity index is 1.91. The van der Waals surface area contributed by atoms with Gasteiger partial charge in [0.25, 0.3) is 0 Å². The van der Waals surface area contributed by atoms with Gasteiger partial charge in [-0.3, -0.25) is 4.79 Å². The van der Waals surface area contributed by atoms with Crippen LogP contribution in [0.2, 0.25) is 0 Å². The van der Waals surface area contributed by atoms with E-state index in [1.54, 1.807) is 0 Å². The van der Waals surface area contributed by atoms with Gasteiger partial charge >= 0.3 is 0 Å². The first-order chi connectivity index (χ1) is 10.2. The Hall–Kier alpha value is -1.75. The van der Waals surface area contributed by atoms with E-state index in [2.05, 4.69) is 23.2 Å². The summed E-state index contributed by atoms with van der Waals surface area (Å²) in [6.45, 7) is 5.31. The predicted octanol–water partition coefficient (Wildman–Crippen LogP) is 2.33. The molecule has 2 aliphatic rings. The molecule has 1 amide bonds. The van der Waals surface area contributed by atoms with Gasteiger partial charge in [-0.25, -0.2) is 0 Å². The van der Waals surface area contributed by atoms with Crippen molar-refractivity contribution >= 4 is 23.0 Å². The number of unbranched alkanes of at least 4 members (excludes halogenated alkanes) is 1. The topological polar surface area (TPSA) is 67.6 Å². The van der Waals surface area contributed by atoms with Gasteiger partial charge in [0.15, 0.2) is 0 Å². The summed E-state index contributed by atoms with van der Waals surface area (Å²) in [5.74, 6) is 0.0809. The van der Waals surface area contributed by atoms with Crippen LogP contribution in [0, 0.1) is 0 Å². The van der Waals surface area contributed by atoms with Crippen LogP contribution in [0.3, 0.4) is 0 Å². The highest BCUT2D eigenvalue weighted by molar-refractivity contribution is 6.04. The number of benzene rings is 1. The van der Waals surface area contributed by atoms with E-state index in [1.165, 1.54) is 0 Å². The summed E-state index contributed by atoms with van der Waals surface area (Å²) in [5.41, 5.74) is 9.93. The number of hydrogen-bond acceptors (Lipinski definition) is 4. The maximum absolute atomic E-state index is 12.2. The van der Waals surface area contributed by atoms with Crippen molar-refractivity contribution in [3.63, 3.8) is 0 Å². The molecule has 0 spiro atoms. The molecule has 1 saturated heterocycles. The van der Waals surface area contributed by atoms with Crippen molar-refractivity contribution in [3.8, 4) is 0 Å². The molecule has 114 valence electrons. The lowest BCUT2D eigenvalue weighted by Gasteiger charge is -2.30. The number of fused-ring (bicyclic) bond motifs is 1. The zero-order valence-corrected chi connectivity index (χ0v) is 12.5. The minimum absolute atomic E-state index is 0.0275. The summed E-state index contributed by atoms with van der Waals surface area (Å²) in [6, 6.07) is 4.01. The molecule has 3 rings (SSSR count). The van der Waals surface area contributed by atoms with E-state index in [9.17, 15) is 4.79 Å². The van der Waals surface area contributed by atoms with Gasteiger partial charge in [-0.05, 0) is 24.1 Å². The highest BCUT2D eigenvalue weighted by atomic mass is 16.5. The van der Waals surface area contributed by atoms with Crippen LogP contribution in [0.4, 0.5) is 17.1 Å². The number of nitrogen functional groups attached to an aromatic ring is 1. The fourth-order valence-corrected chi connectivity index (χ4v) is 3.15. The molecular formula is C16H23N3O2. The van der Waals surface area contributed by atoms with E-state index in [4.69, 9.17) is 10.5 Å². The lowest BCUT2D eigenvalue weighted by molar-refractivity contribution is -0.117. The first-order valence-electron chi connectivity index (χ1n) is 7.77. The number of nitrogens with two attached hydrogens (primary N) is 1. The molecule has 21 heavy (non-hydrogen) atoms. The third-order valence-electron chi connectivity index (χ3n) is 4.35. The van der Waals surface area contributed by atoms with Gasteiger partial charge in [0.1, 0.15) is 0 Å². The van der Waals surface area contributed by atoms with Crippen LogP contribution in [0.25, 0.3) is 0 Å². The average molecular weight is 289 g/mol. The van der Waals surface area contributed by atoms with Gasteiger partial charge in [-0.1, -0.05) is 19.8 Å². The zero-order chi connectivity index (χ0) is 14.8. The standard InChI is InChI=1S/C16H23N3O2/c1-2-3-4-11-12-9-15(19-5-7-21-8-6-19)13(17)10-14(12)18-16(11)20/h9-11H,2-8,17H2,1H3,(H,18,20). The minimum Gasteiger partial charge on any atom is -0.397 e. The molecule has 1 aromatic carbocycles. The fourth-order valence-electron chi connectivity index (χ4n) is 3.15. The van der Waals surface area contributed by atoms with Crippen molar-refractivity contribution in [2.45, 2.75) is 32.1 Å². The van der Waals surface area contributed by atoms with Crippen LogP contribution in [-0.4, -0.2) is 32.2 Å². The van der Waals surface area contributed by atoms with Crippen molar-refractivity contribution in [1.29, 1.82) is 0 Å². The Labute approximate surface area is 125 Å². The molecule has 0 aromatic heterocycles. The number of morpholine rings is 1. The smallest absolute Gasteiger partial charge is 0.232 e. The summed E-state index contributed by atoms with van der Waals surface area (Å²) >= 11 is 0. The van der Waals surface area contributed by atoms with Crippen LogP contribution >= 0.6 is 0 Å². The molecule has 0 radical (unpaired) electrons. The maximum Gasteiger partial charge on any atom is 0.232 e. The van der Waals surface area contributed by atoms with E-state index in [0.29, 0.717) is 0 Å². The molecule has 0 aliphatic carbocycles. The van der Waals surface area contributed by atoms with Crippen molar-refractivity contribution < 1.29 is 9.53 Å². The number of nitrogens with zero attached hydrogens (tertiary/aromatic N) is 1. The SMILES string of the molecule is CCCCC1C(=O)Nc2cc(N)c(N3CCOCC3)cc21. The normalized spacial score (nSPS) is 21.3. The number of anilines is 3. The number of hydrogen-bond donors (Lipinski definition) is 2. The Morgan fingerprint density at radius 2 is 2.14 bits per heavy atom. The molecule has 1 unspecified atom stereocenters. The second-order valence-corrected chi connectivity index (χ2v) is 5.78. The van der Waals surface area contributed by atoms with Crippen molar-refractivity contribution in [3.05, 3.63) is 17.7 Å². The average Bonchev–Trinajstić information content (AvgIpc) is 2.79. The maximum atomic E-state index is 12.2. The van der Waals surface area contributed by atoms with Crippen LogP contribution in [0.15, 0.2) is 12.1 Å². The van der Waals surface area contributed by atoms with Gasteiger partial charge in [0.2, 0.25) is 5.91 Å². The number of nitrogens with one attached hydrogen (secondary N) is 1. The third kappa shape index (κ3) is 2.70. The highest BCUT2D eigenvalue weighted by Gasteiger charge is 2.31. The Morgan fingerprint density at radius 3 is 2.86 bits per heavy atom. The minimum atomic E-state index is -0.0275. The van der Waals surface area contributed by atoms with Crippen LogP contribution in [0.5, 0.6) is 0 Å². The summed E-state index contributed by atoms with van der Waals surface area (Å²) in [7, 11) is 0. The van der Waals surface area contributed by atoms with Crippen molar-refractivity contribution in [1.82, 2.24) is 0 Å². The van der Waals surface area contributed by atoms with Gasteiger partial charge < -0.3 is 20.7 Å². The van der Waals surface area contributed by atoms with E-state index < -0.39 is 0 Å². The Bertz CT molecular complexity index is 539. The first kappa shape index (κ1) is 14.2. The van der Waals surface area contributed by atoms with Crippen LogP contribution in [-0.2, 0) is 9.53 Å². The molecule has 3 N–H and O–H groups in total. The summed E-state index contributed by atoms with van der Waals surface area (Å²) in [5, 5.41) is 2.97. The molecule has 0 bridgehead atoms. The molecule has 5 heteroatoms. The molecule has 0 saturated carbocycles. The lowest BCUT2D eigenvalue weighted by Crippen LogP contribution is -2.36. The van der Waals surface area contributed by atoms with E-state index in [0.717, 1.165) is 68.2 Å². The summed E-state index contributed by atoms with van der Waals surface area (Å²) in [4.78, 5) is 14.4. The second-order valence-electron chi connectivity index (χ2n) is 5.78. The van der Waals surface area contributed by atoms with Gasteiger partial charge in [0.05, 0.1) is 30.5 Å². The molecule has 5 nitrogen and oxygen atoms in total. The molecule has 1 atom stereocenters. The Morgan fingerprint density at radius 1 is 1.38 bits per heavy atom. The quantitative estimate of drug-likeness (QED) is 0.835. The summed E-state index contributed by atoms with van der Waals surface area (Å²) in [6.07, 6.45) is 3.07. The first-order valence-corrected chi connectivity index (χ1v) is 7.77. The molecular weight excluding hydrogens is 266 g/mol. The molecule has 1 fully saturated rings. The highest BCUT2D eigenvalue weighted by Crippen LogP contribution is 2.41. The number of ether oxygens (including phenoxy) is 1. The van der Waals surface area contributed by atoms with Gasteiger partial charge in [0, 0.05) is 18.8 Å². The van der Waals surface area contributed by atoms with Gasteiger partial charge in [-0.2, -0.15) is 0 Å². The molecule has 2 heterocycles. The molecule has 1 aromatic rings. The number of carbonyl (C=O) groups is 1. The van der Waals surface area contributed by atoms with E-state index >= 15 is 0 Å². The Kier molecular flexibility index (Phi) is 4.01. The number of amides is 1. The van der Waals surface area contributed by atoms with Crippen molar-refractivity contribution in [2.24, 2.45) is 0 Å².